The van der Waals surface area contributed by atoms with Crippen LogP contribution < -0.4 is 5.73 Å². The van der Waals surface area contributed by atoms with Gasteiger partial charge in [-0.3, -0.25) is 4.52 Å². The van der Waals surface area contributed by atoms with Gasteiger partial charge in [-0.05, 0) is 19.8 Å². The van der Waals surface area contributed by atoms with E-state index in [1.165, 1.54) is 0 Å². The van der Waals surface area contributed by atoms with Crippen molar-refractivity contribution in [2.75, 3.05) is 0 Å². The fourth-order valence-electron chi connectivity index (χ4n) is 0.825. The predicted molar refractivity (Wildman–Crippen MR) is 61.1 cm³/mol. The first-order chi connectivity index (χ1) is 6.87. The maximum Gasteiger partial charge on any atom is 0.471 e. The number of allylic oxidation sites excluding steroid dienone is 1. The number of hydrogen-bond donors (Lipinski definition) is 3. The fourth-order valence-corrected chi connectivity index (χ4v) is 1.28. The zero-order valence-corrected chi connectivity index (χ0v) is 10.3. The van der Waals surface area contributed by atoms with E-state index in [4.69, 9.17) is 15.5 Å². The van der Waals surface area contributed by atoms with Gasteiger partial charge in [-0.25, -0.2) is 4.57 Å². The van der Waals surface area contributed by atoms with Crippen molar-refractivity contribution < 1.29 is 18.9 Å². The molecule has 6 heteroatoms. The van der Waals surface area contributed by atoms with Crippen LogP contribution in [0.15, 0.2) is 12.7 Å². The van der Waals surface area contributed by atoms with Gasteiger partial charge in [0, 0.05) is 0 Å². The third-order valence-electron chi connectivity index (χ3n) is 1.36. The van der Waals surface area contributed by atoms with Crippen LogP contribution in [-0.4, -0.2) is 16.0 Å². The first-order valence-electron chi connectivity index (χ1n) is 4.94. The quantitative estimate of drug-likeness (QED) is 0.286. The maximum atomic E-state index is 10.3. The van der Waals surface area contributed by atoms with Gasteiger partial charge in [0.2, 0.25) is 0 Å². The van der Waals surface area contributed by atoms with Crippen LogP contribution in [0, 0.1) is 0 Å². The molecule has 0 aromatic rings. The molecule has 0 rings (SSSR count). The summed E-state index contributed by atoms with van der Waals surface area (Å²) in [6.07, 6.45) is 4.26. The van der Waals surface area contributed by atoms with E-state index in [1.807, 2.05) is 13.8 Å². The Morgan fingerprint density at radius 2 is 2.00 bits per heavy atom. The normalized spacial score (nSPS) is 12.6. The molecule has 0 fully saturated rings. The summed E-state index contributed by atoms with van der Waals surface area (Å²) in [6, 6.07) is 0. The van der Waals surface area contributed by atoms with Gasteiger partial charge in [-0.15, -0.1) is 6.58 Å². The lowest BCUT2D eigenvalue weighted by Crippen LogP contribution is -2.22. The molecule has 0 amide bonds. The molecule has 1 atom stereocenters. The summed E-state index contributed by atoms with van der Waals surface area (Å²) in [4.78, 5) is 16.7. The van der Waals surface area contributed by atoms with Gasteiger partial charge < -0.3 is 15.5 Å². The Balaban J connectivity index is 0. The largest absolute Gasteiger partial charge is 0.471 e. The van der Waals surface area contributed by atoms with Gasteiger partial charge >= 0.3 is 7.82 Å². The highest BCUT2D eigenvalue weighted by atomic mass is 31.2. The highest BCUT2D eigenvalue weighted by Gasteiger charge is 2.18. The lowest BCUT2D eigenvalue weighted by molar-refractivity contribution is 0.129. The molecule has 92 valence electrons. The van der Waals surface area contributed by atoms with Gasteiger partial charge in [0.15, 0.2) is 0 Å². The molecule has 0 saturated heterocycles. The van der Waals surface area contributed by atoms with Crippen LogP contribution >= 0.6 is 7.82 Å². The second kappa shape index (κ2) is 10.3. The summed E-state index contributed by atoms with van der Waals surface area (Å²) in [5, 5.41) is 0. The first kappa shape index (κ1) is 17.2. The van der Waals surface area contributed by atoms with Crippen molar-refractivity contribution in [2.45, 2.75) is 45.8 Å². The zero-order chi connectivity index (χ0) is 12.3. The zero-order valence-electron chi connectivity index (χ0n) is 9.43. The van der Waals surface area contributed by atoms with Crippen molar-refractivity contribution in [1.82, 2.24) is 0 Å². The van der Waals surface area contributed by atoms with Crippen molar-refractivity contribution in [3.8, 4) is 0 Å². The van der Waals surface area contributed by atoms with E-state index in [9.17, 15) is 4.57 Å². The number of hydrogen-bond acceptors (Lipinski definition) is 3. The Hall–Kier alpha value is -0.190. The van der Waals surface area contributed by atoms with E-state index in [2.05, 4.69) is 11.1 Å². The summed E-state index contributed by atoms with van der Waals surface area (Å²) < 4.78 is 14.5. The molecular formula is C9H22NO4P. The minimum absolute atomic E-state index is 0.485. The molecule has 0 aliphatic carbocycles. The van der Waals surface area contributed by atoms with Gasteiger partial charge in [0.05, 0.1) is 0 Å². The van der Waals surface area contributed by atoms with Crippen LogP contribution in [0.2, 0.25) is 0 Å². The van der Waals surface area contributed by atoms with Crippen molar-refractivity contribution in [2.24, 2.45) is 5.73 Å². The van der Waals surface area contributed by atoms with E-state index >= 15 is 0 Å². The van der Waals surface area contributed by atoms with Crippen molar-refractivity contribution in [3.63, 3.8) is 0 Å². The Morgan fingerprint density at radius 1 is 1.53 bits per heavy atom. The Labute approximate surface area is 91.6 Å². The van der Waals surface area contributed by atoms with Crippen LogP contribution in [0.5, 0.6) is 0 Å². The summed E-state index contributed by atoms with van der Waals surface area (Å²) in [6.45, 7) is 7.29. The lowest BCUT2D eigenvalue weighted by Gasteiger charge is -2.12. The Bertz CT molecular complexity index is 193. The molecule has 0 heterocycles. The minimum Gasteiger partial charge on any atom is -0.306 e. The van der Waals surface area contributed by atoms with Gasteiger partial charge in [0.25, 0.3) is 0 Å². The molecule has 5 nitrogen and oxygen atoms in total. The van der Waals surface area contributed by atoms with Crippen molar-refractivity contribution in [1.29, 1.82) is 0 Å². The monoisotopic (exact) mass is 239 g/mol. The van der Waals surface area contributed by atoms with E-state index in [1.54, 1.807) is 6.08 Å². The van der Waals surface area contributed by atoms with Crippen LogP contribution in [0.25, 0.3) is 0 Å². The molecule has 0 aliphatic heterocycles. The maximum absolute atomic E-state index is 10.3. The molecule has 0 spiro atoms. The van der Waals surface area contributed by atoms with Gasteiger partial charge in [-0.1, -0.05) is 25.8 Å². The highest BCUT2D eigenvalue weighted by Crippen LogP contribution is 2.37. The Kier molecular flexibility index (Phi) is 11.9. The fraction of sp³-hybridized carbons (Fsp3) is 0.778. The molecule has 15 heavy (non-hydrogen) atoms. The number of phosphoric ester groups is 1. The lowest BCUT2D eigenvalue weighted by atomic mass is 10.2. The Morgan fingerprint density at radius 3 is 2.33 bits per heavy atom. The molecule has 0 aliphatic rings. The molecule has 0 aromatic carbocycles. The van der Waals surface area contributed by atoms with Crippen molar-refractivity contribution >= 4 is 7.82 Å². The third kappa shape index (κ3) is 20.0. The number of phosphoric acid groups is 1. The standard InChI is InChI=1S/C6H16NO4P.C3H6/c1-2-3-4-5-6(7)11-12(8,9)10;1-3-2/h6H,2-5,7H2,1H3,(H2,8,9,10);3H,1H2,2H3. The average Bonchev–Trinajstić information content (AvgIpc) is 2.02. The van der Waals surface area contributed by atoms with E-state index in [0.717, 1.165) is 19.3 Å². The van der Waals surface area contributed by atoms with E-state index in [-0.39, 0.29) is 0 Å². The molecule has 0 bridgehead atoms. The van der Waals surface area contributed by atoms with E-state index < -0.39 is 14.1 Å². The summed E-state index contributed by atoms with van der Waals surface area (Å²) >= 11 is 0. The molecule has 4 N–H and O–H groups in total. The molecule has 0 saturated carbocycles. The van der Waals surface area contributed by atoms with Crippen LogP contribution in [0.4, 0.5) is 0 Å². The second-order valence-electron chi connectivity index (χ2n) is 3.04. The van der Waals surface area contributed by atoms with Crippen LogP contribution in [0.3, 0.4) is 0 Å². The molecule has 0 radical (unpaired) electrons. The van der Waals surface area contributed by atoms with Crippen molar-refractivity contribution in [3.05, 3.63) is 12.7 Å². The third-order valence-corrected chi connectivity index (χ3v) is 1.91. The highest BCUT2D eigenvalue weighted by molar-refractivity contribution is 7.46. The number of unbranched alkanes of at least 4 members (excludes halogenated alkanes) is 2. The second-order valence-corrected chi connectivity index (χ2v) is 4.23. The predicted octanol–water partition coefficient (Wildman–Crippen LogP) is 2.15. The average molecular weight is 239 g/mol. The van der Waals surface area contributed by atoms with Gasteiger partial charge in [-0.2, -0.15) is 0 Å². The van der Waals surface area contributed by atoms with Crippen LogP contribution in [0.1, 0.15) is 39.5 Å². The summed E-state index contributed by atoms with van der Waals surface area (Å²) in [5.74, 6) is 0. The number of rotatable bonds is 6. The van der Waals surface area contributed by atoms with Crippen LogP contribution in [-0.2, 0) is 9.09 Å². The summed E-state index contributed by atoms with van der Waals surface area (Å²) in [7, 11) is -4.40. The van der Waals surface area contributed by atoms with Gasteiger partial charge in [0.1, 0.15) is 6.23 Å². The summed E-state index contributed by atoms with van der Waals surface area (Å²) in [5.41, 5.74) is 5.29. The first-order valence-corrected chi connectivity index (χ1v) is 6.47. The smallest absolute Gasteiger partial charge is 0.306 e. The SMILES string of the molecule is C=CC.CCCCCC(N)OP(=O)(O)O. The minimum atomic E-state index is -4.40. The molecule has 0 aromatic heterocycles. The molecule has 1 unspecified atom stereocenters. The van der Waals surface area contributed by atoms with E-state index in [0.29, 0.717) is 6.42 Å². The molecular weight excluding hydrogens is 217 g/mol. The number of nitrogens with two attached hydrogens (primary N) is 1. The topological polar surface area (TPSA) is 92.8 Å².